The van der Waals surface area contributed by atoms with E-state index in [9.17, 15) is 15.3 Å². The zero-order valence-corrected chi connectivity index (χ0v) is 11.4. The van der Waals surface area contributed by atoms with Gasteiger partial charge in [-0.2, -0.15) is 0 Å². The Hall–Kier alpha value is -1.26. The minimum absolute atomic E-state index is 0.0598. The van der Waals surface area contributed by atoms with Crippen molar-refractivity contribution in [1.29, 1.82) is 0 Å². The van der Waals surface area contributed by atoms with Gasteiger partial charge in [-0.05, 0) is 37.7 Å². The lowest BCUT2D eigenvalue weighted by Crippen LogP contribution is -2.50. The highest BCUT2D eigenvalue weighted by molar-refractivity contribution is 5.38. The first kappa shape index (κ1) is 14.2. The number of aromatic hydroxyl groups is 2. The van der Waals surface area contributed by atoms with Gasteiger partial charge in [-0.25, -0.2) is 0 Å². The Balaban J connectivity index is 2.00. The fourth-order valence-electron chi connectivity index (χ4n) is 2.69. The van der Waals surface area contributed by atoms with Crippen LogP contribution in [-0.4, -0.2) is 27.5 Å². The van der Waals surface area contributed by atoms with Crippen LogP contribution in [0.1, 0.15) is 38.2 Å². The number of aliphatic hydroxyl groups excluding tert-OH is 1. The first-order chi connectivity index (χ1) is 9.04. The molecule has 0 heterocycles. The SMILES string of the molecule is CC1CCC(CO)(NCc2ccc(O)cc2O)CC1. The van der Waals surface area contributed by atoms with Crippen LogP contribution in [0.3, 0.4) is 0 Å². The van der Waals surface area contributed by atoms with Crippen LogP contribution in [-0.2, 0) is 6.54 Å². The summed E-state index contributed by atoms with van der Waals surface area (Å²) in [4.78, 5) is 0. The molecule has 1 aliphatic rings. The van der Waals surface area contributed by atoms with E-state index in [0.717, 1.165) is 37.2 Å². The molecule has 1 saturated carbocycles. The molecule has 0 amide bonds. The van der Waals surface area contributed by atoms with Crippen molar-refractivity contribution in [2.75, 3.05) is 6.61 Å². The monoisotopic (exact) mass is 265 g/mol. The Morgan fingerprint density at radius 1 is 1.26 bits per heavy atom. The summed E-state index contributed by atoms with van der Waals surface area (Å²) in [6.45, 7) is 2.87. The van der Waals surface area contributed by atoms with Crippen LogP contribution in [0.15, 0.2) is 18.2 Å². The quantitative estimate of drug-likeness (QED) is 0.673. The molecule has 0 aromatic heterocycles. The normalized spacial score (nSPS) is 27.4. The summed E-state index contributed by atoms with van der Waals surface area (Å²) in [6.07, 6.45) is 4.16. The van der Waals surface area contributed by atoms with E-state index in [1.54, 1.807) is 12.1 Å². The summed E-state index contributed by atoms with van der Waals surface area (Å²) < 4.78 is 0. The summed E-state index contributed by atoms with van der Waals surface area (Å²) in [5, 5.41) is 32.1. The summed E-state index contributed by atoms with van der Waals surface area (Å²) >= 11 is 0. The zero-order valence-electron chi connectivity index (χ0n) is 11.4. The van der Waals surface area contributed by atoms with Crippen molar-refractivity contribution in [2.45, 2.75) is 44.7 Å². The highest BCUT2D eigenvalue weighted by Gasteiger charge is 2.33. The molecule has 2 rings (SSSR count). The predicted molar refractivity (Wildman–Crippen MR) is 74.1 cm³/mol. The van der Waals surface area contributed by atoms with Crippen molar-refractivity contribution in [3.63, 3.8) is 0 Å². The van der Waals surface area contributed by atoms with Gasteiger partial charge in [0.05, 0.1) is 6.61 Å². The maximum absolute atomic E-state index is 9.76. The third-order valence-corrected chi connectivity index (χ3v) is 4.26. The molecular weight excluding hydrogens is 242 g/mol. The smallest absolute Gasteiger partial charge is 0.123 e. The highest BCUT2D eigenvalue weighted by Crippen LogP contribution is 2.32. The van der Waals surface area contributed by atoms with Gasteiger partial charge in [-0.15, -0.1) is 0 Å². The van der Waals surface area contributed by atoms with Crippen molar-refractivity contribution in [3.8, 4) is 11.5 Å². The van der Waals surface area contributed by atoms with Gasteiger partial charge < -0.3 is 20.6 Å². The molecule has 0 aliphatic heterocycles. The van der Waals surface area contributed by atoms with Crippen LogP contribution in [0, 0.1) is 5.92 Å². The number of hydrogen-bond acceptors (Lipinski definition) is 4. The van der Waals surface area contributed by atoms with Crippen LogP contribution in [0.4, 0.5) is 0 Å². The molecule has 4 nitrogen and oxygen atoms in total. The van der Waals surface area contributed by atoms with Crippen molar-refractivity contribution < 1.29 is 15.3 Å². The molecule has 4 N–H and O–H groups in total. The Morgan fingerprint density at radius 2 is 1.95 bits per heavy atom. The van der Waals surface area contributed by atoms with E-state index in [2.05, 4.69) is 12.2 Å². The number of phenols is 2. The average Bonchev–Trinajstić information content (AvgIpc) is 2.40. The maximum Gasteiger partial charge on any atom is 0.123 e. The Labute approximate surface area is 114 Å². The number of rotatable bonds is 4. The van der Waals surface area contributed by atoms with Crippen LogP contribution < -0.4 is 5.32 Å². The average molecular weight is 265 g/mol. The first-order valence-electron chi connectivity index (χ1n) is 6.91. The summed E-state index contributed by atoms with van der Waals surface area (Å²) in [7, 11) is 0. The molecular formula is C15H23NO3. The van der Waals surface area contributed by atoms with Gasteiger partial charge in [0.2, 0.25) is 0 Å². The second-order valence-corrected chi connectivity index (χ2v) is 5.79. The summed E-state index contributed by atoms with van der Waals surface area (Å²) in [6, 6.07) is 4.60. The Morgan fingerprint density at radius 3 is 2.53 bits per heavy atom. The van der Waals surface area contributed by atoms with Crippen LogP contribution >= 0.6 is 0 Å². The number of nitrogens with one attached hydrogen (secondary N) is 1. The number of phenolic OH excluding ortho intramolecular Hbond substituents is 2. The molecule has 1 aromatic carbocycles. The number of hydrogen-bond donors (Lipinski definition) is 4. The largest absolute Gasteiger partial charge is 0.508 e. The van der Waals surface area contributed by atoms with Gasteiger partial charge in [-0.3, -0.25) is 0 Å². The van der Waals surface area contributed by atoms with E-state index in [4.69, 9.17) is 0 Å². The molecule has 1 aliphatic carbocycles. The van der Waals surface area contributed by atoms with Gasteiger partial charge in [-0.1, -0.05) is 13.0 Å². The highest BCUT2D eigenvalue weighted by atomic mass is 16.3. The second kappa shape index (κ2) is 5.80. The Kier molecular flexibility index (Phi) is 4.32. The van der Waals surface area contributed by atoms with E-state index in [1.165, 1.54) is 6.07 Å². The molecule has 0 saturated heterocycles. The van der Waals surface area contributed by atoms with Crippen molar-refractivity contribution in [1.82, 2.24) is 5.32 Å². The fourth-order valence-corrected chi connectivity index (χ4v) is 2.69. The molecule has 0 bridgehead atoms. The van der Waals surface area contributed by atoms with Crippen molar-refractivity contribution >= 4 is 0 Å². The Bertz CT molecular complexity index is 425. The standard InChI is InChI=1S/C15H23NO3/c1-11-4-6-15(10-17,7-5-11)16-9-12-2-3-13(18)8-14(12)19/h2-3,8,11,16-19H,4-7,9-10H2,1H3. The van der Waals surface area contributed by atoms with E-state index < -0.39 is 0 Å². The van der Waals surface area contributed by atoms with Gasteiger partial charge in [0.25, 0.3) is 0 Å². The molecule has 0 atom stereocenters. The van der Waals surface area contributed by atoms with Crippen LogP contribution in [0.2, 0.25) is 0 Å². The van der Waals surface area contributed by atoms with E-state index in [0.29, 0.717) is 6.54 Å². The summed E-state index contributed by atoms with van der Waals surface area (Å²) in [5.41, 5.74) is 0.515. The van der Waals surface area contributed by atoms with E-state index in [-0.39, 0.29) is 23.6 Å². The zero-order chi connectivity index (χ0) is 13.9. The second-order valence-electron chi connectivity index (χ2n) is 5.79. The van der Waals surface area contributed by atoms with Crippen molar-refractivity contribution in [2.24, 2.45) is 5.92 Å². The molecule has 0 unspecified atom stereocenters. The lowest BCUT2D eigenvalue weighted by atomic mass is 9.77. The minimum atomic E-state index is -0.225. The molecule has 4 heteroatoms. The molecule has 1 fully saturated rings. The maximum atomic E-state index is 9.76. The lowest BCUT2D eigenvalue weighted by Gasteiger charge is -2.39. The van der Waals surface area contributed by atoms with Gasteiger partial charge in [0.15, 0.2) is 0 Å². The predicted octanol–water partition coefficient (Wildman–Crippen LogP) is 2.13. The molecule has 1 aromatic rings. The van der Waals surface area contributed by atoms with Crippen LogP contribution in [0.25, 0.3) is 0 Å². The third kappa shape index (κ3) is 3.39. The molecule has 0 radical (unpaired) electrons. The first-order valence-corrected chi connectivity index (χ1v) is 6.91. The van der Waals surface area contributed by atoms with Gasteiger partial charge in [0, 0.05) is 23.7 Å². The van der Waals surface area contributed by atoms with Crippen LogP contribution in [0.5, 0.6) is 11.5 Å². The van der Waals surface area contributed by atoms with Gasteiger partial charge >= 0.3 is 0 Å². The molecule has 0 spiro atoms. The summed E-state index contributed by atoms with van der Waals surface area (Å²) in [5.74, 6) is 0.873. The van der Waals surface area contributed by atoms with E-state index in [1.807, 2.05) is 0 Å². The topological polar surface area (TPSA) is 72.7 Å². The number of aliphatic hydroxyl groups is 1. The molecule has 19 heavy (non-hydrogen) atoms. The van der Waals surface area contributed by atoms with Crippen molar-refractivity contribution in [3.05, 3.63) is 23.8 Å². The number of benzene rings is 1. The fraction of sp³-hybridized carbons (Fsp3) is 0.600. The third-order valence-electron chi connectivity index (χ3n) is 4.26. The minimum Gasteiger partial charge on any atom is -0.508 e. The van der Waals surface area contributed by atoms with E-state index >= 15 is 0 Å². The van der Waals surface area contributed by atoms with Gasteiger partial charge in [0.1, 0.15) is 11.5 Å². The molecule has 106 valence electrons. The lowest BCUT2D eigenvalue weighted by molar-refractivity contribution is 0.104.